The molecule has 34 heavy (non-hydrogen) atoms. The van der Waals surface area contributed by atoms with Crippen molar-refractivity contribution in [2.75, 3.05) is 18.9 Å². The fourth-order valence-corrected chi connectivity index (χ4v) is 4.06. The van der Waals surface area contributed by atoms with E-state index >= 15 is 0 Å². The molecule has 0 saturated carbocycles. The Labute approximate surface area is 193 Å². The summed E-state index contributed by atoms with van der Waals surface area (Å²) in [6.07, 6.45) is -8.47. The van der Waals surface area contributed by atoms with E-state index in [0.717, 1.165) is 46.0 Å². The largest absolute Gasteiger partial charge is 0.416 e. The zero-order valence-corrected chi connectivity index (χ0v) is 18.9. The van der Waals surface area contributed by atoms with Crippen molar-refractivity contribution in [3.63, 3.8) is 0 Å². The van der Waals surface area contributed by atoms with Crippen LogP contribution in [-0.4, -0.2) is 18.7 Å². The third kappa shape index (κ3) is 5.98. The molecule has 1 heterocycles. The van der Waals surface area contributed by atoms with Crippen LogP contribution in [0.3, 0.4) is 0 Å². The van der Waals surface area contributed by atoms with Gasteiger partial charge in [-0.3, -0.25) is 0 Å². The monoisotopic (exact) mass is 488 g/mol. The highest BCUT2D eigenvalue weighted by molar-refractivity contribution is 5.71. The zero-order valence-electron chi connectivity index (χ0n) is 18.9. The normalized spacial score (nSPS) is 16.8. The Hall–Kier alpha value is -2.86. The van der Waals surface area contributed by atoms with E-state index < -0.39 is 23.5 Å². The van der Waals surface area contributed by atoms with E-state index in [1.54, 1.807) is 0 Å². The van der Waals surface area contributed by atoms with Crippen molar-refractivity contribution in [3.05, 3.63) is 57.6 Å². The third-order valence-corrected chi connectivity index (χ3v) is 5.53. The number of anilines is 1. The minimum atomic E-state index is -4.90. The lowest BCUT2D eigenvalue weighted by Gasteiger charge is -2.24. The minimum absolute atomic E-state index is 0.116. The number of halogens is 6. The van der Waals surface area contributed by atoms with Crippen molar-refractivity contribution < 1.29 is 26.3 Å². The molecule has 0 spiro atoms. The number of benzene rings is 2. The van der Waals surface area contributed by atoms with Crippen LogP contribution in [0.1, 0.15) is 52.3 Å². The van der Waals surface area contributed by atoms with E-state index in [1.807, 2.05) is 19.9 Å². The van der Waals surface area contributed by atoms with Gasteiger partial charge < -0.3 is 10.6 Å². The topological polar surface area (TPSA) is 78.0 Å². The molecule has 1 aliphatic heterocycles. The molecule has 0 saturated heterocycles. The maximum atomic E-state index is 13.2. The van der Waals surface area contributed by atoms with E-state index in [2.05, 4.69) is 21.0 Å². The number of nitrogens with one attached hydrogen (secondary N) is 2. The number of hydrazine groups is 1. The number of hydrogen-bond donors (Lipinski definition) is 3. The number of nitrogens with two attached hydrogens (primary N) is 1. The van der Waals surface area contributed by atoms with Crippen LogP contribution in [0.25, 0.3) is 0 Å². The molecule has 0 fully saturated rings. The van der Waals surface area contributed by atoms with Crippen LogP contribution in [-0.2, 0) is 18.9 Å². The van der Waals surface area contributed by atoms with Crippen LogP contribution in [0.15, 0.2) is 34.6 Å². The van der Waals surface area contributed by atoms with Crippen LogP contribution < -0.4 is 16.5 Å². The highest BCUT2D eigenvalue weighted by atomic mass is 19.4. The van der Waals surface area contributed by atoms with Gasteiger partial charge in [0.05, 0.1) is 16.8 Å². The van der Waals surface area contributed by atoms with Gasteiger partial charge in [0.25, 0.3) is 0 Å². The summed E-state index contributed by atoms with van der Waals surface area (Å²) < 4.78 is 79.4. The van der Waals surface area contributed by atoms with Gasteiger partial charge in [0, 0.05) is 37.4 Å². The number of aryl methyl sites for hydroxylation is 2. The van der Waals surface area contributed by atoms with Gasteiger partial charge in [0.15, 0.2) is 0 Å². The molecule has 0 bridgehead atoms. The Morgan fingerprint density at radius 3 is 2.21 bits per heavy atom. The van der Waals surface area contributed by atoms with Gasteiger partial charge in [-0.25, -0.2) is 11.0 Å². The van der Waals surface area contributed by atoms with E-state index in [9.17, 15) is 26.3 Å². The molecule has 4 N–H and O–H groups in total. The first-order valence-corrected chi connectivity index (χ1v) is 10.6. The van der Waals surface area contributed by atoms with Crippen molar-refractivity contribution >= 4 is 11.4 Å². The Bertz CT molecular complexity index is 1030. The van der Waals surface area contributed by atoms with Gasteiger partial charge in [-0.1, -0.05) is 11.3 Å². The van der Waals surface area contributed by atoms with Crippen LogP contribution in [0.5, 0.6) is 0 Å². The standard InChI is InChI=1S/C22H26F6N6/c1-12-7-13(2)20(32-33-34(3)29)18-17(5-4-6-30-19(12)18)31-11-14-8-15(21(23,24)25)10-16(9-14)22(26,27)28/h7-10,17,30-31H,4-6,11,29H2,1-3H3. The average molecular weight is 488 g/mol. The molecule has 0 aromatic heterocycles. The first kappa shape index (κ1) is 25.8. The molecule has 1 atom stereocenters. The molecule has 2 aromatic carbocycles. The van der Waals surface area contributed by atoms with Crippen molar-refractivity contribution in [2.45, 2.75) is 51.6 Å². The molecule has 0 radical (unpaired) electrons. The molecule has 0 amide bonds. The number of alkyl halides is 6. The predicted molar refractivity (Wildman–Crippen MR) is 116 cm³/mol. The van der Waals surface area contributed by atoms with Gasteiger partial charge >= 0.3 is 12.4 Å². The molecule has 0 aliphatic carbocycles. The maximum Gasteiger partial charge on any atom is 0.416 e. The quantitative estimate of drug-likeness (QED) is 0.203. The molecule has 6 nitrogen and oxygen atoms in total. The van der Waals surface area contributed by atoms with Crippen LogP contribution in [0, 0.1) is 13.8 Å². The smallest absolute Gasteiger partial charge is 0.384 e. The summed E-state index contributed by atoms with van der Waals surface area (Å²) in [5.41, 5.74) is 1.08. The molecular formula is C22H26F6N6. The summed E-state index contributed by atoms with van der Waals surface area (Å²) in [5, 5.41) is 15.7. The average Bonchev–Trinajstić information content (AvgIpc) is 2.93. The van der Waals surface area contributed by atoms with E-state index in [1.165, 1.54) is 7.05 Å². The summed E-state index contributed by atoms with van der Waals surface area (Å²) in [6.45, 7) is 4.23. The first-order chi connectivity index (χ1) is 15.8. The number of fused-ring (bicyclic) bond motifs is 1. The fraction of sp³-hybridized carbons (Fsp3) is 0.455. The van der Waals surface area contributed by atoms with Crippen molar-refractivity contribution in [1.82, 2.24) is 10.4 Å². The van der Waals surface area contributed by atoms with Gasteiger partial charge in [-0.15, -0.1) is 5.11 Å². The molecule has 186 valence electrons. The molecule has 1 unspecified atom stereocenters. The van der Waals surface area contributed by atoms with E-state index in [-0.39, 0.29) is 24.2 Å². The highest BCUT2D eigenvalue weighted by Gasteiger charge is 2.37. The van der Waals surface area contributed by atoms with Crippen molar-refractivity contribution in [1.29, 1.82) is 0 Å². The second-order valence-corrected chi connectivity index (χ2v) is 8.33. The number of nitrogens with zero attached hydrogens (tertiary/aromatic N) is 3. The third-order valence-electron chi connectivity index (χ3n) is 5.53. The SMILES string of the molecule is Cc1cc(C)c2c(c1N=NN(C)N)C(NCc1cc(C(F)(F)F)cc(C(F)(F)F)c1)CCCN2. The summed E-state index contributed by atoms with van der Waals surface area (Å²) >= 11 is 0. The number of hydrogen-bond acceptors (Lipinski definition) is 5. The Balaban J connectivity index is 2.01. The second-order valence-electron chi connectivity index (χ2n) is 8.33. The zero-order chi connectivity index (χ0) is 25.3. The van der Waals surface area contributed by atoms with Crippen LogP contribution >= 0.6 is 0 Å². The second kappa shape index (κ2) is 9.79. The Morgan fingerprint density at radius 2 is 1.65 bits per heavy atom. The van der Waals surface area contributed by atoms with Crippen molar-refractivity contribution in [3.8, 4) is 0 Å². The summed E-state index contributed by atoms with van der Waals surface area (Å²) in [4.78, 5) is 0. The van der Waals surface area contributed by atoms with Crippen molar-refractivity contribution in [2.24, 2.45) is 16.2 Å². The van der Waals surface area contributed by atoms with Crippen LogP contribution in [0.2, 0.25) is 0 Å². The fourth-order valence-electron chi connectivity index (χ4n) is 4.06. The lowest BCUT2D eigenvalue weighted by atomic mass is 9.94. The van der Waals surface area contributed by atoms with Crippen LogP contribution in [0.4, 0.5) is 37.7 Å². The van der Waals surface area contributed by atoms with Gasteiger partial charge in [-0.2, -0.15) is 26.3 Å². The molecule has 3 rings (SSSR count). The molecule has 2 aromatic rings. The molecule has 1 aliphatic rings. The first-order valence-electron chi connectivity index (χ1n) is 10.6. The number of rotatable bonds is 5. The van der Waals surface area contributed by atoms with Gasteiger partial charge in [0.2, 0.25) is 0 Å². The molecule has 12 heteroatoms. The summed E-state index contributed by atoms with van der Waals surface area (Å²) in [5.74, 6) is 5.55. The minimum Gasteiger partial charge on any atom is -0.384 e. The van der Waals surface area contributed by atoms with Gasteiger partial charge in [0.1, 0.15) is 0 Å². The predicted octanol–water partition coefficient (Wildman–Crippen LogP) is 6.18. The highest BCUT2D eigenvalue weighted by Crippen LogP contribution is 2.42. The summed E-state index contributed by atoms with van der Waals surface area (Å²) in [6, 6.07) is 3.15. The Morgan fingerprint density at radius 1 is 1.03 bits per heavy atom. The maximum absolute atomic E-state index is 13.2. The van der Waals surface area contributed by atoms with Gasteiger partial charge in [-0.05, 0) is 61.6 Å². The van der Waals surface area contributed by atoms with E-state index in [4.69, 9.17) is 5.84 Å². The lowest BCUT2D eigenvalue weighted by Crippen LogP contribution is -2.22. The Kier molecular flexibility index (Phi) is 7.41. The lowest BCUT2D eigenvalue weighted by molar-refractivity contribution is -0.143. The van der Waals surface area contributed by atoms with E-state index in [0.29, 0.717) is 18.7 Å². The summed E-state index contributed by atoms with van der Waals surface area (Å²) in [7, 11) is 1.51. The molecular weight excluding hydrogens is 462 g/mol.